The quantitative estimate of drug-likeness (QED) is 0.865. The number of halogens is 1. The number of hydrogen-bond donors (Lipinski definition) is 1. The number of likely N-dealkylation sites (tertiary alicyclic amines) is 1. The number of aryl methyl sites for hydroxylation is 1. The largest absolute Gasteiger partial charge is 0.329 e. The summed E-state index contributed by atoms with van der Waals surface area (Å²) in [5.74, 6) is 0.927. The Morgan fingerprint density at radius 2 is 2.10 bits per heavy atom. The van der Waals surface area contributed by atoms with Gasteiger partial charge in [-0.3, -0.25) is 4.90 Å². The zero-order valence-corrected chi connectivity index (χ0v) is 14.7. The Hall–Kier alpha value is 0.100. The monoisotopic (exact) mass is 356 g/mol. The Labute approximate surface area is 134 Å². The van der Waals surface area contributed by atoms with Crippen LogP contribution in [0.4, 0.5) is 0 Å². The maximum absolute atomic E-state index is 6.17. The summed E-state index contributed by atoms with van der Waals surface area (Å²) >= 11 is 5.57. The third-order valence-corrected chi connectivity index (χ3v) is 7.35. The molecule has 1 aliphatic carbocycles. The fraction of sp³-hybridized carbons (Fsp3) is 0.750. The lowest BCUT2D eigenvalue weighted by molar-refractivity contribution is 0.0287. The molecule has 3 rings (SSSR count). The molecule has 3 atom stereocenters. The molecule has 2 aliphatic rings. The van der Waals surface area contributed by atoms with Gasteiger partial charge < -0.3 is 5.73 Å². The van der Waals surface area contributed by atoms with E-state index in [0.717, 1.165) is 18.5 Å². The van der Waals surface area contributed by atoms with Gasteiger partial charge in [0, 0.05) is 26.8 Å². The molecule has 1 unspecified atom stereocenters. The summed E-state index contributed by atoms with van der Waals surface area (Å²) in [7, 11) is 0. The van der Waals surface area contributed by atoms with Crippen LogP contribution in [0.3, 0.4) is 0 Å². The Kier molecular flexibility index (Phi) is 4.86. The molecule has 0 bridgehead atoms. The molecule has 0 amide bonds. The number of nitrogens with two attached hydrogens (primary N) is 1. The van der Waals surface area contributed by atoms with Gasteiger partial charge in [-0.25, -0.2) is 0 Å². The van der Waals surface area contributed by atoms with Gasteiger partial charge >= 0.3 is 0 Å². The van der Waals surface area contributed by atoms with Gasteiger partial charge in [-0.15, -0.1) is 11.3 Å². The van der Waals surface area contributed by atoms with Crippen molar-refractivity contribution in [3.8, 4) is 0 Å². The Bertz CT molecular complexity index is 438. The Morgan fingerprint density at radius 1 is 1.35 bits per heavy atom. The Balaban J connectivity index is 1.83. The minimum absolute atomic E-state index is 0.427. The standard InChI is InChI=1S/C16H25BrN2S/c1-11-13(17)9-16(20-11)15(10-18)19-8-4-6-12-5-2-3-7-14(12)19/h9,12,14-15H,2-8,10,18H2,1H3/t12-,14-,15?/m1/s1. The number of piperidine rings is 1. The van der Waals surface area contributed by atoms with Crippen molar-refractivity contribution in [1.29, 1.82) is 0 Å². The van der Waals surface area contributed by atoms with Crippen molar-refractivity contribution in [3.05, 3.63) is 20.3 Å². The molecule has 20 heavy (non-hydrogen) atoms. The summed E-state index contributed by atoms with van der Waals surface area (Å²) in [4.78, 5) is 5.56. The van der Waals surface area contributed by atoms with E-state index in [9.17, 15) is 0 Å². The molecule has 1 saturated heterocycles. The fourth-order valence-electron chi connectivity index (χ4n) is 4.11. The first kappa shape index (κ1) is 15.0. The zero-order valence-electron chi connectivity index (χ0n) is 12.3. The summed E-state index contributed by atoms with van der Waals surface area (Å²) in [5, 5.41) is 0. The van der Waals surface area contributed by atoms with Crippen LogP contribution in [0.15, 0.2) is 10.5 Å². The minimum atomic E-state index is 0.427. The minimum Gasteiger partial charge on any atom is -0.329 e. The molecule has 0 aromatic carbocycles. The van der Waals surface area contributed by atoms with Crippen LogP contribution in [0.2, 0.25) is 0 Å². The average Bonchev–Trinajstić information content (AvgIpc) is 2.79. The van der Waals surface area contributed by atoms with Crippen LogP contribution in [0.1, 0.15) is 54.3 Å². The second-order valence-electron chi connectivity index (χ2n) is 6.30. The molecule has 1 aliphatic heterocycles. The van der Waals surface area contributed by atoms with Crippen molar-refractivity contribution in [2.45, 2.75) is 57.5 Å². The van der Waals surface area contributed by atoms with E-state index in [4.69, 9.17) is 5.73 Å². The lowest BCUT2D eigenvalue weighted by Crippen LogP contribution is -2.49. The van der Waals surface area contributed by atoms with Gasteiger partial charge in [0.25, 0.3) is 0 Å². The first-order valence-corrected chi connectivity index (χ1v) is 9.53. The maximum Gasteiger partial charge on any atom is 0.0567 e. The summed E-state index contributed by atoms with van der Waals surface area (Å²) in [6, 6.07) is 3.51. The smallest absolute Gasteiger partial charge is 0.0567 e. The van der Waals surface area contributed by atoms with E-state index < -0.39 is 0 Å². The SMILES string of the molecule is Cc1sc(C(CN)N2CCC[C@H]3CCCC[C@H]32)cc1Br. The van der Waals surface area contributed by atoms with Crippen LogP contribution >= 0.6 is 27.3 Å². The second-order valence-corrected chi connectivity index (χ2v) is 8.44. The molecule has 0 radical (unpaired) electrons. The van der Waals surface area contributed by atoms with Crippen LogP contribution in [0, 0.1) is 12.8 Å². The predicted octanol–water partition coefficient (Wildman–Crippen LogP) is 4.47. The highest BCUT2D eigenvalue weighted by molar-refractivity contribution is 9.10. The van der Waals surface area contributed by atoms with Crippen molar-refractivity contribution in [2.75, 3.05) is 13.1 Å². The van der Waals surface area contributed by atoms with E-state index in [2.05, 4.69) is 33.8 Å². The second kappa shape index (κ2) is 6.47. The predicted molar refractivity (Wildman–Crippen MR) is 90.2 cm³/mol. The van der Waals surface area contributed by atoms with Crippen LogP contribution in [0.5, 0.6) is 0 Å². The van der Waals surface area contributed by atoms with Gasteiger partial charge in [0.2, 0.25) is 0 Å². The number of nitrogens with zero attached hydrogens (tertiary/aromatic N) is 1. The van der Waals surface area contributed by atoms with Crippen molar-refractivity contribution in [3.63, 3.8) is 0 Å². The normalized spacial score (nSPS) is 29.1. The molecular formula is C16H25BrN2S. The van der Waals surface area contributed by atoms with Crippen LogP contribution in [-0.2, 0) is 0 Å². The maximum atomic E-state index is 6.17. The number of fused-ring (bicyclic) bond motifs is 1. The van der Waals surface area contributed by atoms with E-state index in [1.54, 1.807) is 0 Å². The topological polar surface area (TPSA) is 29.3 Å². The number of hydrogen-bond acceptors (Lipinski definition) is 3. The van der Waals surface area contributed by atoms with Crippen molar-refractivity contribution in [2.24, 2.45) is 11.7 Å². The zero-order chi connectivity index (χ0) is 14.1. The lowest BCUT2D eigenvalue weighted by Gasteiger charge is -2.47. The van der Waals surface area contributed by atoms with Gasteiger partial charge in [-0.1, -0.05) is 12.8 Å². The van der Waals surface area contributed by atoms with Gasteiger partial charge in [-0.05, 0) is 67.1 Å². The fourth-order valence-corrected chi connectivity index (χ4v) is 5.81. The molecule has 2 nitrogen and oxygen atoms in total. The van der Waals surface area contributed by atoms with E-state index in [1.807, 2.05) is 11.3 Å². The third-order valence-electron chi connectivity index (χ3n) is 5.11. The molecular weight excluding hydrogens is 332 g/mol. The van der Waals surface area contributed by atoms with Crippen molar-refractivity contribution < 1.29 is 0 Å². The van der Waals surface area contributed by atoms with Gasteiger partial charge in [0.05, 0.1) is 6.04 Å². The highest BCUT2D eigenvalue weighted by atomic mass is 79.9. The molecule has 1 aromatic heterocycles. The molecule has 2 heterocycles. The number of thiophene rings is 1. The summed E-state index contributed by atoms with van der Waals surface area (Å²) in [6.07, 6.45) is 8.45. The van der Waals surface area contributed by atoms with Crippen LogP contribution in [0.25, 0.3) is 0 Å². The van der Waals surface area contributed by atoms with Crippen molar-refractivity contribution >= 4 is 27.3 Å². The lowest BCUT2D eigenvalue weighted by atomic mass is 9.77. The third kappa shape index (κ3) is 2.85. The molecule has 1 aromatic rings. The van der Waals surface area contributed by atoms with Crippen LogP contribution in [-0.4, -0.2) is 24.0 Å². The van der Waals surface area contributed by atoms with Gasteiger partial charge in [0.1, 0.15) is 0 Å². The Morgan fingerprint density at radius 3 is 2.80 bits per heavy atom. The van der Waals surface area contributed by atoms with E-state index in [0.29, 0.717) is 6.04 Å². The molecule has 0 spiro atoms. The summed E-state index contributed by atoms with van der Waals surface area (Å²) in [5.41, 5.74) is 6.17. The molecule has 2 N–H and O–H groups in total. The summed E-state index contributed by atoms with van der Waals surface area (Å²) < 4.78 is 1.24. The van der Waals surface area contributed by atoms with Crippen molar-refractivity contribution in [1.82, 2.24) is 4.90 Å². The molecule has 4 heteroatoms. The van der Waals surface area contributed by atoms with Gasteiger partial charge in [0.15, 0.2) is 0 Å². The average molecular weight is 357 g/mol. The van der Waals surface area contributed by atoms with Gasteiger partial charge in [-0.2, -0.15) is 0 Å². The first-order valence-electron chi connectivity index (χ1n) is 7.92. The van der Waals surface area contributed by atoms with E-state index in [1.165, 1.54) is 59.3 Å². The molecule has 112 valence electrons. The highest BCUT2D eigenvalue weighted by Gasteiger charge is 2.37. The first-order chi connectivity index (χ1) is 9.70. The highest BCUT2D eigenvalue weighted by Crippen LogP contribution is 2.41. The molecule has 1 saturated carbocycles. The van der Waals surface area contributed by atoms with E-state index >= 15 is 0 Å². The van der Waals surface area contributed by atoms with E-state index in [-0.39, 0.29) is 0 Å². The number of rotatable bonds is 3. The molecule has 2 fully saturated rings. The van der Waals surface area contributed by atoms with Crippen LogP contribution < -0.4 is 5.73 Å². The summed E-state index contributed by atoms with van der Waals surface area (Å²) in [6.45, 7) is 4.17.